The largest absolute Gasteiger partial charge is 1.00 e. The van der Waals surface area contributed by atoms with Crippen molar-refractivity contribution in [3.8, 4) is 0 Å². The van der Waals surface area contributed by atoms with E-state index in [0.717, 1.165) is 0 Å². The maximum Gasteiger partial charge on any atom is 1.00 e. The van der Waals surface area contributed by atoms with Gasteiger partial charge in [-0.25, -0.2) is 4.57 Å². The predicted octanol–water partition coefficient (Wildman–Crippen LogP) is -0.449. The average molecular weight is 311 g/mol. The van der Waals surface area contributed by atoms with Gasteiger partial charge in [0.25, 0.3) is 0 Å². The molecule has 0 atom stereocenters. The first-order valence-corrected chi connectivity index (χ1v) is 8.47. The van der Waals surface area contributed by atoms with Crippen molar-refractivity contribution in [3.63, 3.8) is 0 Å². The molecule has 0 aliphatic heterocycles. The van der Waals surface area contributed by atoms with Crippen molar-refractivity contribution in [2.45, 2.75) is 27.7 Å². The zero-order chi connectivity index (χ0) is 13.4. The summed E-state index contributed by atoms with van der Waals surface area (Å²) in [5.41, 5.74) is 0. The number of hydrogen-bond acceptors (Lipinski definition) is 6. The van der Waals surface area contributed by atoms with E-state index in [1.807, 2.05) is 0 Å². The standard InChI is InChI=1S/C8H20NO6P2.Na/c1-5-12-16(10,13-6-2)9-17(11,14-7-3)15-8-4;/h5-8H2,1-4H3;/q-1;+1. The van der Waals surface area contributed by atoms with Crippen LogP contribution in [0, 0.1) is 0 Å². The quantitative estimate of drug-likeness (QED) is 0.423. The maximum absolute atomic E-state index is 12.0. The van der Waals surface area contributed by atoms with Gasteiger partial charge >= 0.3 is 37.3 Å². The Hall–Kier alpha value is 1.26. The number of rotatable bonds is 9. The maximum atomic E-state index is 12.0. The molecule has 0 radical (unpaired) electrons. The SMILES string of the molecule is CCOP(=O)(N=P([O-])(OCC)OCC)OCC.[Na+]. The van der Waals surface area contributed by atoms with E-state index in [4.69, 9.17) is 18.1 Å². The van der Waals surface area contributed by atoms with Crippen molar-refractivity contribution in [2.24, 2.45) is 4.52 Å². The molecule has 0 aromatic rings. The molecule has 0 heterocycles. The molecule has 104 valence electrons. The van der Waals surface area contributed by atoms with Crippen LogP contribution < -0.4 is 34.5 Å². The van der Waals surface area contributed by atoms with Crippen LogP contribution in [0.15, 0.2) is 4.52 Å². The molecule has 0 aliphatic carbocycles. The van der Waals surface area contributed by atoms with Gasteiger partial charge in [-0.15, -0.1) is 0 Å². The van der Waals surface area contributed by atoms with E-state index in [1.54, 1.807) is 27.7 Å². The molecule has 0 fully saturated rings. The van der Waals surface area contributed by atoms with Crippen LogP contribution in [0.1, 0.15) is 27.7 Å². The predicted molar refractivity (Wildman–Crippen MR) is 63.5 cm³/mol. The zero-order valence-electron chi connectivity index (χ0n) is 11.6. The van der Waals surface area contributed by atoms with Crippen LogP contribution in [0.5, 0.6) is 0 Å². The van der Waals surface area contributed by atoms with Crippen LogP contribution in [-0.2, 0) is 22.7 Å². The van der Waals surface area contributed by atoms with Crippen LogP contribution >= 0.6 is 15.5 Å². The molecule has 0 saturated heterocycles. The minimum absolute atomic E-state index is 0. The van der Waals surface area contributed by atoms with Gasteiger partial charge in [-0.3, -0.25) is 9.05 Å². The summed E-state index contributed by atoms with van der Waals surface area (Å²) < 4.78 is 35.1. The smallest absolute Gasteiger partial charge is 0.773 e. The average Bonchev–Trinajstić information content (AvgIpc) is 2.17. The minimum Gasteiger partial charge on any atom is -0.773 e. The second-order valence-corrected chi connectivity index (χ2v) is 6.32. The van der Waals surface area contributed by atoms with Crippen LogP contribution in [-0.4, -0.2) is 26.4 Å². The number of nitrogens with zero attached hydrogens (tertiary/aromatic N) is 1. The minimum atomic E-state index is -3.79. The van der Waals surface area contributed by atoms with Crippen LogP contribution in [0.3, 0.4) is 0 Å². The van der Waals surface area contributed by atoms with E-state index in [2.05, 4.69) is 4.52 Å². The molecule has 0 rings (SSSR count). The monoisotopic (exact) mass is 311 g/mol. The second kappa shape index (κ2) is 11.0. The summed E-state index contributed by atoms with van der Waals surface area (Å²) in [5, 5.41) is 0. The Kier molecular flexibility index (Phi) is 13.1. The molecule has 0 aliphatic rings. The summed E-state index contributed by atoms with van der Waals surface area (Å²) in [4.78, 5) is 12.0. The first-order chi connectivity index (χ1) is 7.95. The van der Waals surface area contributed by atoms with Gasteiger partial charge in [0.2, 0.25) is 0 Å². The molecule has 0 N–H and O–H groups in total. The van der Waals surface area contributed by atoms with E-state index in [-0.39, 0.29) is 56.0 Å². The Morgan fingerprint density at radius 2 is 1.22 bits per heavy atom. The topological polar surface area (TPSA) is 89.4 Å². The van der Waals surface area contributed by atoms with Crippen molar-refractivity contribution in [1.29, 1.82) is 0 Å². The number of hydrogen-bond donors (Lipinski definition) is 0. The van der Waals surface area contributed by atoms with Gasteiger partial charge < -0.3 is 13.9 Å². The normalized spacial score (nSPS) is 12.1. The summed E-state index contributed by atoms with van der Waals surface area (Å²) in [6, 6.07) is 0. The van der Waals surface area contributed by atoms with Gasteiger partial charge in [0.05, 0.1) is 26.4 Å². The molecule has 0 saturated carbocycles. The van der Waals surface area contributed by atoms with Gasteiger partial charge in [0, 0.05) is 0 Å². The second-order valence-electron chi connectivity index (χ2n) is 2.70. The Morgan fingerprint density at radius 1 is 0.889 bits per heavy atom. The van der Waals surface area contributed by atoms with E-state index in [0.29, 0.717) is 0 Å². The Morgan fingerprint density at radius 3 is 1.50 bits per heavy atom. The molecular formula is C8H20NNaO6P2. The third-order valence-corrected chi connectivity index (χ3v) is 5.48. The van der Waals surface area contributed by atoms with Crippen LogP contribution in [0.2, 0.25) is 0 Å². The third kappa shape index (κ3) is 8.43. The first-order valence-electron chi connectivity index (χ1n) is 5.48. The molecule has 7 nitrogen and oxygen atoms in total. The molecule has 18 heavy (non-hydrogen) atoms. The van der Waals surface area contributed by atoms with E-state index < -0.39 is 15.5 Å². The van der Waals surface area contributed by atoms with Gasteiger partial charge in [0.1, 0.15) is 0 Å². The summed E-state index contributed by atoms with van der Waals surface area (Å²) in [5.74, 6) is 0. The Bertz CT molecular complexity index is 294. The van der Waals surface area contributed by atoms with E-state index in [9.17, 15) is 9.46 Å². The van der Waals surface area contributed by atoms with Crippen molar-refractivity contribution in [1.82, 2.24) is 0 Å². The summed E-state index contributed by atoms with van der Waals surface area (Å²) in [6.07, 6.45) is 0. The van der Waals surface area contributed by atoms with Gasteiger partial charge in [0.15, 0.2) is 7.74 Å². The van der Waals surface area contributed by atoms with Crippen LogP contribution in [0.4, 0.5) is 0 Å². The fourth-order valence-corrected chi connectivity index (χ4v) is 4.32. The van der Waals surface area contributed by atoms with Crippen LogP contribution in [0.25, 0.3) is 0 Å². The van der Waals surface area contributed by atoms with Crippen molar-refractivity contribution in [2.75, 3.05) is 26.4 Å². The molecule has 0 aromatic carbocycles. The summed E-state index contributed by atoms with van der Waals surface area (Å²) in [7, 11) is -7.58. The zero-order valence-corrected chi connectivity index (χ0v) is 15.4. The first kappa shape index (κ1) is 21.6. The summed E-state index contributed by atoms with van der Waals surface area (Å²) >= 11 is 0. The molecule has 0 amide bonds. The van der Waals surface area contributed by atoms with Crippen molar-refractivity contribution in [3.05, 3.63) is 0 Å². The molecular weight excluding hydrogens is 291 g/mol. The van der Waals surface area contributed by atoms with E-state index >= 15 is 0 Å². The van der Waals surface area contributed by atoms with Gasteiger partial charge in [-0.05, 0) is 27.7 Å². The van der Waals surface area contributed by atoms with E-state index in [1.165, 1.54) is 0 Å². The summed E-state index contributed by atoms with van der Waals surface area (Å²) in [6.45, 7) is 7.03. The van der Waals surface area contributed by atoms with Crippen molar-refractivity contribution < 1.29 is 57.1 Å². The molecule has 0 aromatic heterocycles. The molecule has 0 unspecified atom stereocenters. The fourth-order valence-electron chi connectivity index (χ4n) is 0.965. The fraction of sp³-hybridized carbons (Fsp3) is 1.00. The Labute approximate surface area is 131 Å². The molecule has 10 heteroatoms. The molecule has 0 spiro atoms. The molecule has 0 bridgehead atoms. The Balaban J connectivity index is 0. The third-order valence-electron chi connectivity index (χ3n) is 1.39. The van der Waals surface area contributed by atoms with Gasteiger partial charge in [-0.1, -0.05) is 0 Å². The van der Waals surface area contributed by atoms with Gasteiger partial charge in [-0.2, -0.15) is 4.52 Å². The van der Waals surface area contributed by atoms with Crippen molar-refractivity contribution >= 4 is 15.5 Å².